The molecule has 0 saturated carbocycles. The molecular formula is C34H55N5O8. The number of hydrogen-bond acceptors (Lipinski definition) is 8. The van der Waals surface area contributed by atoms with Crippen molar-refractivity contribution in [1.29, 1.82) is 0 Å². The Morgan fingerprint density at radius 1 is 0.894 bits per heavy atom. The van der Waals surface area contributed by atoms with Crippen molar-refractivity contribution in [2.45, 2.75) is 111 Å². The number of nitrogens with one attached hydrogen (secondary N) is 4. The minimum Gasteiger partial charge on any atom is -0.496 e. The van der Waals surface area contributed by atoms with Crippen molar-refractivity contribution >= 4 is 30.2 Å². The zero-order valence-corrected chi connectivity index (χ0v) is 29.5. The molecule has 0 radical (unpaired) electrons. The molecule has 1 saturated heterocycles. The third-order valence-electron chi connectivity index (χ3n) is 8.51. The maximum atomic E-state index is 13.3. The van der Waals surface area contributed by atoms with E-state index in [4.69, 9.17) is 14.2 Å². The first-order valence-corrected chi connectivity index (χ1v) is 16.5. The second-order valence-electron chi connectivity index (χ2n) is 12.7. The van der Waals surface area contributed by atoms with Gasteiger partial charge in [0.2, 0.25) is 24.1 Å². The highest BCUT2D eigenvalue weighted by molar-refractivity contribution is 5.93. The summed E-state index contributed by atoms with van der Waals surface area (Å²) in [4.78, 5) is 64.3. The first kappa shape index (κ1) is 39.1. The average molecular weight is 662 g/mol. The largest absolute Gasteiger partial charge is 0.496 e. The maximum absolute atomic E-state index is 13.3. The van der Waals surface area contributed by atoms with Crippen LogP contribution in [0.5, 0.6) is 11.5 Å². The van der Waals surface area contributed by atoms with Crippen LogP contribution in [0.1, 0.15) is 82.1 Å². The molecule has 1 aliphatic heterocycles. The van der Waals surface area contributed by atoms with Crippen molar-refractivity contribution in [2.24, 2.45) is 5.92 Å². The number of likely N-dealkylation sites (tertiary alicyclic amines) is 1. The van der Waals surface area contributed by atoms with E-state index in [2.05, 4.69) is 21.3 Å². The number of nitrogens with zero attached hydrogens (tertiary/aromatic N) is 1. The maximum Gasteiger partial charge on any atom is 0.407 e. The molecule has 1 aliphatic rings. The summed E-state index contributed by atoms with van der Waals surface area (Å²) in [5.74, 6) is 0.131. The van der Waals surface area contributed by atoms with Gasteiger partial charge in [-0.25, -0.2) is 4.79 Å². The predicted molar refractivity (Wildman–Crippen MR) is 178 cm³/mol. The summed E-state index contributed by atoms with van der Waals surface area (Å²) in [6, 6.07) is -2.55. The van der Waals surface area contributed by atoms with E-state index < -0.39 is 36.0 Å². The Bertz CT molecular complexity index is 1250. The van der Waals surface area contributed by atoms with Crippen molar-refractivity contribution in [1.82, 2.24) is 26.2 Å². The number of benzene rings is 1. The van der Waals surface area contributed by atoms with Crippen LogP contribution < -0.4 is 30.7 Å². The van der Waals surface area contributed by atoms with Crippen molar-refractivity contribution in [3.05, 3.63) is 22.3 Å². The fraction of sp³-hybridized carbons (Fsp3) is 0.676. The van der Waals surface area contributed by atoms with Crippen molar-refractivity contribution in [3.8, 4) is 11.5 Å². The Labute approximate surface area is 279 Å². The molecular weight excluding hydrogens is 606 g/mol. The highest BCUT2D eigenvalue weighted by Crippen LogP contribution is 2.38. The number of rotatable bonds is 18. The summed E-state index contributed by atoms with van der Waals surface area (Å²) in [5.41, 5.74) is 4.06. The van der Waals surface area contributed by atoms with Gasteiger partial charge in [-0.2, -0.15) is 0 Å². The third kappa shape index (κ3) is 11.0. The van der Waals surface area contributed by atoms with Gasteiger partial charge in [-0.05, 0) is 95.8 Å². The summed E-state index contributed by atoms with van der Waals surface area (Å²) >= 11 is 0. The smallest absolute Gasteiger partial charge is 0.407 e. The number of methoxy groups -OCH3 is 2. The second kappa shape index (κ2) is 19.0. The lowest BCUT2D eigenvalue weighted by atomic mass is 9.94. The number of amides is 5. The summed E-state index contributed by atoms with van der Waals surface area (Å²) < 4.78 is 16.6. The standard InChI is InChI=1S/C34H55N5O8/c1-20(2)28(38-32(42)27-15-11-17-39(27)19-40)33(43)37-26(31(41)36-21(3)4)14-10-16-35-34(44)47-18-12-13-25-24(7)29(45-8)22(5)23(6)30(25)46-9/h19-21,26-28H,10-18H2,1-9H3,(H,35,44)(H,36,41)(H,37,43)(H,38,42). The molecule has 1 aromatic rings. The van der Waals surface area contributed by atoms with Gasteiger partial charge in [0, 0.05) is 24.7 Å². The van der Waals surface area contributed by atoms with Gasteiger partial charge in [0.05, 0.1) is 20.8 Å². The van der Waals surface area contributed by atoms with Crippen molar-refractivity contribution in [3.63, 3.8) is 0 Å². The minimum atomic E-state index is -0.896. The third-order valence-corrected chi connectivity index (χ3v) is 8.51. The first-order valence-electron chi connectivity index (χ1n) is 16.5. The zero-order chi connectivity index (χ0) is 35.3. The monoisotopic (exact) mass is 661 g/mol. The quantitative estimate of drug-likeness (QED) is 0.138. The van der Waals surface area contributed by atoms with Crippen molar-refractivity contribution in [2.75, 3.05) is 33.9 Å². The highest BCUT2D eigenvalue weighted by atomic mass is 16.5. The molecule has 0 bridgehead atoms. The molecule has 1 aromatic carbocycles. The van der Waals surface area contributed by atoms with Gasteiger partial charge in [-0.15, -0.1) is 0 Å². The van der Waals surface area contributed by atoms with Gasteiger partial charge in [0.15, 0.2) is 0 Å². The van der Waals surface area contributed by atoms with Crippen LogP contribution in [0.4, 0.5) is 4.79 Å². The van der Waals surface area contributed by atoms with E-state index in [1.807, 2.05) is 34.6 Å². The van der Waals surface area contributed by atoms with Gasteiger partial charge in [0.1, 0.15) is 29.6 Å². The molecule has 0 aliphatic carbocycles. The minimum absolute atomic E-state index is 0.152. The normalized spacial score (nSPS) is 15.6. The van der Waals surface area contributed by atoms with Crippen LogP contribution in [0.2, 0.25) is 0 Å². The molecule has 47 heavy (non-hydrogen) atoms. The Kier molecular flexibility index (Phi) is 15.8. The van der Waals surface area contributed by atoms with Crippen LogP contribution in [0.25, 0.3) is 0 Å². The van der Waals surface area contributed by atoms with Crippen molar-refractivity contribution < 1.29 is 38.2 Å². The predicted octanol–water partition coefficient (Wildman–Crippen LogP) is 2.84. The summed E-state index contributed by atoms with van der Waals surface area (Å²) in [5, 5.41) is 11.1. The molecule has 13 heteroatoms. The van der Waals surface area contributed by atoms with Gasteiger partial charge in [0.25, 0.3) is 0 Å². The number of alkyl carbamates (subject to hydrolysis) is 1. The molecule has 3 atom stereocenters. The molecule has 1 fully saturated rings. The summed E-state index contributed by atoms with van der Waals surface area (Å²) in [7, 11) is 3.29. The van der Waals surface area contributed by atoms with E-state index in [-0.39, 0.29) is 37.4 Å². The molecule has 13 nitrogen and oxygen atoms in total. The molecule has 4 N–H and O–H groups in total. The second-order valence-corrected chi connectivity index (χ2v) is 12.7. The zero-order valence-electron chi connectivity index (χ0n) is 29.5. The van der Waals surface area contributed by atoms with Crippen LogP contribution in [0.15, 0.2) is 0 Å². The Morgan fingerprint density at radius 3 is 2.15 bits per heavy atom. The average Bonchev–Trinajstić information content (AvgIpc) is 3.50. The first-order chi connectivity index (χ1) is 22.3. The molecule has 5 amide bonds. The molecule has 3 unspecified atom stereocenters. The summed E-state index contributed by atoms with van der Waals surface area (Å²) in [6.07, 6.45) is 3.19. The van der Waals surface area contributed by atoms with E-state index in [1.165, 1.54) is 4.90 Å². The lowest BCUT2D eigenvalue weighted by Gasteiger charge is -2.28. The fourth-order valence-electron chi connectivity index (χ4n) is 5.90. The van der Waals surface area contributed by atoms with E-state index >= 15 is 0 Å². The molecule has 2 rings (SSSR count). The fourth-order valence-corrected chi connectivity index (χ4v) is 5.90. The van der Waals surface area contributed by atoms with E-state index in [0.29, 0.717) is 45.1 Å². The van der Waals surface area contributed by atoms with E-state index in [1.54, 1.807) is 28.1 Å². The van der Waals surface area contributed by atoms with E-state index in [9.17, 15) is 24.0 Å². The van der Waals surface area contributed by atoms with Gasteiger partial charge >= 0.3 is 6.09 Å². The number of hydrogen-bond donors (Lipinski definition) is 4. The number of ether oxygens (including phenoxy) is 3. The van der Waals surface area contributed by atoms with Gasteiger partial charge < -0.3 is 40.4 Å². The van der Waals surface area contributed by atoms with Gasteiger partial charge in [-0.1, -0.05) is 13.8 Å². The topological polar surface area (TPSA) is 164 Å². The Balaban J connectivity index is 1.90. The summed E-state index contributed by atoms with van der Waals surface area (Å²) in [6.45, 7) is 14.1. The van der Waals surface area contributed by atoms with Crippen LogP contribution in [0, 0.1) is 26.7 Å². The van der Waals surface area contributed by atoms with Crippen LogP contribution in [-0.4, -0.2) is 93.2 Å². The Morgan fingerprint density at radius 2 is 1.55 bits per heavy atom. The highest BCUT2D eigenvalue weighted by Gasteiger charge is 2.34. The number of carbonyl (C=O) groups excluding carboxylic acids is 5. The molecule has 1 heterocycles. The van der Waals surface area contributed by atoms with Gasteiger partial charge in [-0.3, -0.25) is 19.2 Å². The van der Waals surface area contributed by atoms with Crippen LogP contribution in [-0.2, 0) is 30.3 Å². The SMILES string of the molecule is COc1c(C)c(C)c(OC)c(CCCOC(=O)NCCCC(NC(=O)C(NC(=O)C2CCCN2C=O)C(C)C)C(=O)NC(C)C)c1C. The van der Waals surface area contributed by atoms with Crippen LogP contribution >= 0.6 is 0 Å². The van der Waals surface area contributed by atoms with Crippen LogP contribution in [0.3, 0.4) is 0 Å². The lowest BCUT2D eigenvalue weighted by molar-refractivity contribution is -0.136. The molecule has 264 valence electrons. The Hall–Kier alpha value is -4.03. The lowest BCUT2D eigenvalue weighted by Crippen LogP contribution is -2.57. The van der Waals surface area contributed by atoms with E-state index in [0.717, 1.165) is 33.8 Å². The molecule has 0 aromatic heterocycles. The number of carbonyl (C=O) groups is 5. The molecule has 0 spiro atoms.